The van der Waals surface area contributed by atoms with Crippen LogP contribution in [0.25, 0.3) is 0 Å². The molecule has 0 unspecified atom stereocenters. The van der Waals surface area contributed by atoms with Gasteiger partial charge in [0.05, 0.1) is 6.21 Å². The summed E-state index contributed by atoms with van der Waals surface area (Å²) < 4.78 is 0. The standard InChI is InChI=1S/C12H9ClN4/c13-12(11-4-2-6-15-9-11)17-16-8-10-3-1-5-14-7-10/h1-9H/b16-8+,17-12+. The molecule has 5 heteroatoms. The summed E-state index contributed by atoms with van der Waals surface area (Å²) in [6.07, 6.45) is 8.28. The highest BCUT2D eigenvalue weighted by molar-refractivity contribution is 6.69. The minimum absolute atomic E-state index is 0.304. The molecule has 2 aromatic heterocycles. The van der Waals surface area contributed by atoms with E-state index in [2.05, 4.69) is 20.2 Å². The molecule has 0 aliphatic carbocycles. The van der Waals surface area contributed by atoms with Crippen molar-refractivity contribution in [1.82, 2.24) is 9.97 Å². The largest absolute Gasteiger partial charge is 0.264 e. The van der Waals surface area contributed by atoms with Crippen molar-refractivity contribution in [2.24, 2.45) is 10.2 Å². The molecule has 0 aliphatic heterocycles. The average molecular weight is 245 g/mol. The monoisotopic (exact) mass is 244 g/mol. The van der Waals surface area contributed by atoms with Crippen molar-refractivity contribution in [3.8, 4) is 0 Å². The third-order valence-corrected chi connectivity index (χ3v) is 2.23. The first-order chi connectivity index (χ1) is 8.36. The molecule has 0 fully saturated rings. The van der Waals surface area contributed by atoms with Crippen molar-refractivity contribution >= 4 is 23.0 Å². The number of halogens is 1. The second-order valence-electron chi connectivity index (χ2n) is 3.16. The van der Waals surface area contributed by atoms with Crippen LogP contribution in [0, 0.1) is 0 Å². The van der Waals surface area contributed by atoms with Crippen LogP contribution < -0.4 is 0 Å². The normalized spacial score (nSPS) is 11.9. The molecule has 2 heterocycles. The lowest BCUT2D eigenvalue weighted by Gasteiger charge is -1.93. The highest BCUT2D eigenvalue weighted by Gasteiger charge is 1.97. The van der Waals surface area contributed by atoms with Crippen LogP contribution in [-0.4, -0.2) is 21.4 Å². The molecule has 84 valence electrons. The lowest BCUT2D eigenvalue weighted by atomic mass is 10.3. The van der Waals surface area contributed by atoms with E-state index in [1.807, 2.05) is 18.2 Å². The van der Waals surface area contributed by atoms with E-state index in [1.54, 1.807) is 37.1 Å². The van der Waals surface area contributed by atoms with E-state index >= 15 is 0 Å². The first-order valence-corrected chi connectivity index (χ1v) is 5.31. The first kappa shape index (κ1) is 11.4. The third-order valence-electron chi connectivity index (χ3n) is 1.94. The van der Waals surface area contributed by atoms with Crippen LogP contribution in [0.15, 0.2) is 59.3 Å². The molecular weight excluding hydrogens is 236 g/mol. The molecule has 0 spiro atoms. The molecule has 0 aromatic carbocycles. The molecule has 0 N–H and O–H groups in total. The maximum atomic E-state index is 5.95. The number of hydrogen-bond acceptors (Lipinski definition) is 4. The fourth-order valence-corrected chi connectivity index (χ4v) is 1.30. The van der Waals surface area contributed by atoms with Gasteiger partial charge in [0.1, 0.15) is 0 Å². The van der Waals surface area contributed by atoms with Crippen LogP contribution in [0.3, 0.4) is 0 Å². The summed E-state index contributed by atoms with van der Waals surface area (Å²) in [6, 6.07) is 7.31. The van der Waals surface area contributed by atoms with Crippen LogP contribution in [-0.2, 0) is 0 Å². The van der Waals surface area contributed by atoms with Gasteiger partial charge in [-0.15, -0.1) is 5.10 Å². The topological polar surface area (TPSA) is 50.5 Å². The second kappa shape index (κ2) is 5.86. The molecule has 0 atom stereocenters. The molecule has 0 aliphatic rings. The smallest absolute Gasteiger partial charge is 0.160 e. The predicted molar refractivity (Wildman–Crippen MR) is 68.5 cm³/mol. The molecule has 2 rings (SSSR count). The summed E-state index contributed by atoms with van der Waals surface area (Å²) in [7, 11) is 0. The quantitative estimate of drug-likeness (QED) is 0.615. The fraction of sp³-hybridized carbons (Fsp3) is 0. The van der Waals surface area contributed by atoms with E-state index in [-0.39, 0.29) is 0 Å². The van der Waals surface area contributed by atoms with E-state index in [9.17, 15) is 0 Å². The Morgan fingerprint density at radius 2 is 1.88 bits per heavy atom. The van der Waals surface area contributed by atoms with Crippen LogP contribution in [0.1, 0.15) is 11.1 Å². The highest BCUT2D eigenvalue weighted by Crippen LogP contribution is 2.03. The molecular formula is C12H9ClN4. The van der Waals surface area contributed by atoms with Gasteiger partial charge in [0.15, 0.2) is 5.17 Å². The van der Waals surface area contributed by atoms with Crippen molar-refractivity contribution in [3.63, 3.8) is 0 Å². The number of aromatic nitrogens is 2. The summed E-state index contributed by atoms with van der Waals surface area (Å²) in [4.78, 5) is 7.90. The van der Waals surface area contributed by atoms with Gasteiger partial charge in [-0.05, 0) is 18.2 Å². The third kappa shape index (κ3) is 3.46. The minimum Gasteiger partial charge on any atom is -0.264 e. The second-order valence-corrected chi connectivity index (χ2v) is 3.52. The molecule has 2 aromatic rings. The first-order valence-electron chi connectivity index (χ1n) is 4.93. The molecule has 17 heavy (non-hydrogen) atoms. The molecule has 0 saturated heterocycles. The lowest BCUT2D eigenvalue weighted by Crippen LogP contribution is -1.90. The molecule has 0 radical (unpaired) electrons. The van der Waals surface area contributed by atoms with Gasteiger partial charge in [-0.1, -0.05) is 17.7 Å². The van der Waals surface area contributed by atoms with E-state index in [0.717, 1.165) is 11.1 Å². The summed E-state index contributed by atoms with van der Waals surface area (Å²) in [5.41, 5.74) is 1.60. The van der Waals surface area contributed by atoms with Crippen molar-refractivity contribution in [2.75, 3.05) is 0 Å². The average Bonchev–Trinajstić information content (AvgIpc) is 2.41. The zero-order chi connectivity index (χ0) is 11.9. The van der Waals surface area contributed by atoms with Crippen molar-refractivity contribution in [3.05, 3.63) is 60.2 Å². The van der Waals surface area contributed by atoms with E-state index in [0.29, 0.717) is 5.17 Å². The van der Waals surface area contributed by atoms with Gasteiger partial charge in [0, 0.05) is 35.9 Å². The van der Waals surface area contributed by atoms with Gasteiger partial charge in [-0.2, -0.15) is 5.10 Å². The van der Waals surface area contributed by atoms with Crippen LogP contribution in [0.5, 0.6) is 0 Å². The number of hydrogen-bond donors (Lipinski definition) is 0. The van der Waals surface area contributed by atoms with Gasteiger partial charge in [0.2, 0.25) is 0 Å². The maximum absolute atomic E-state index is 5.95. The Morgan fingerprint density at radius 3 is 2.53 bits per heavy atom. The van der Waals surface area contributed by atoms with Gasteiger partial charge < -0.3 is 0 Å². The number of pyridine rings is 2. The van der Waals surface area contributed by atoms with Crippen molar-refractivity contribution < 1.29 is 0 Å². The Bertz CT molecular complexity index is 523. The Hall–Kier alpha value is -2.07. The van der Waals surface area contributed by atoms with E-state index < -0.39 is 0 Å². The van der Waals surface area contributed by atoms with Gasteiger partial charge in [0.25, 0.3) is 0 Å². The zero-order valence-corrected chi connectivity index (χ0v) is 9.62. The fourth-order valence-electron chi connectivity index (χ4n) is 1.14. The zero-order valence-electron chi connectivity index (χ0n) is 8.86. The van der Waals surface area contributed by atoms with Crippen LogP contribution in [0.2, 0.25) is 0 Å². The lowest BCUT2D eigenvalue weighted by molar-refractivity contribution is 1.24. The number of rotatable bonds is 3. The van der Waals surface area contributed by atoms with Gasteiger partial charge in [-0.3, -0.25) is 9.97 Å². The van der Waals surface area contributed by atoms with Crippen LogP contribution >= 0.6 is 11.6 Å². The maximum Gasteiger partial charge on any atom is 0.160 e. The Labute approximate surface area is 104 Å². The summed E-state index contributed by atoms with van der Waals surface area (Å²) in [5.74, 6) is 0. The summed E-state index contributed by atoms with van der Waals surface area (Å²) in [5, 5.41) is 8.06. The Balaban J connectivity index is 2.09. The van der Waals surface area contributed by atoms with Gasteiger partial charge >= 0.3 is 0 Å². The highest BCUT2D eigenvalue weighted by atomic mass is 35.5. The van der Waals surface area contributed by atoms with Crippen molar-refractivity contribution in [2.45, 2.75) is 0 Å². The number of nitrogens with zero attached hydrogens (tertiary/aromatic N) is 4. The Kier molecular flexibility index (Phi) is 3.94. The van der Waals surface area contributed by atoms with Crippen molar-refractivity contribution in [1.29, 1.82) is 0 Å². The summed E-state index contributed by atoms with van der Waals surface area (Å²) in [6.45, 7) is 0. The molecule has 4 nitrogen and oxygen atoms in total. The molecule has 0 saturated carbocycles. The molecule has 0 bridgehead atoms. The summed E-state index contributed by atoms with van der Waals surface area (Å²) >= 11 is 5.95. The van der Waals surface area contributed by atoms with Gasteiger partial charge in [-0.25, -0.2) is 0 Å². The van der Waals surface area contributed by atoms with E-state index in [1.165, 1.54) is 0 Å². The van der Waals surface area contributed by atoms with Crippen LogP contribution in [0.4, 0.5) is 0 Å². The Morgan fingerprint density at radius 1 is 1.12 bits per heavy atom. The van der Waals surface area contributed by atoms with E-state index in [4.69, 9.17) is 11.6 Å². The predicted octanol–water partition coefficient (Wildman–Crippen LogP) is 2.50. The SMILES string of the molecule is Cl/C(=N/N=C/c1cccnc1)c1cccnc1. The minimum atomic E-state index is 0.304. The molecule has 0 amide bonds.